The van der Waals surface area contributed by atoms with Crippen molar-refractivity contribution in [2.45, 2.75) is 0 Å². The molecular formula is C19H15N5OS. The Labute approximate surface area is 153 Å². The Hall–Kier alpha value is -3.32. The summed E-state index contributed by atoms with van der Waals surface area (Å²) < 4.78 is 2.83. The fraction of sp³-hybridized carbons (Fsp3) is 0.0526. The maximum Gasteiger partial charge on any atom is 0.248 e. The van der Waals surface area contributed by atoms with Crippen molar-refractivity contribution < 1.29 is 4.79 Å². The maximum atomic E-state index is 12.3. The highest BCUT2D eigenvalue weighted by Crippen LogP contribution is 2.24. The zero-order valence-electron chi connectivity index (χ0n) is 14.0. The second-order valence-corrected chi connectivity index (χ2v) is 6.61. The van der Waals surface area contributed by atoms with Gasteiger partial charge in [-0.05, 0) is 35.9 Å². The van der Waals surface area contributed by atoms with Gasteiger partial charge in [-0.25, -0.2) is 4.98 Å². The van der Waals surface area contributed by atoms with Crippen LogP contribution >= 0.6 is 11.3 Å². The molecule has 3 aromatic heterocycles. The van der Waals surface area contributed by atoms with E-state index in [1.54, 1.807) is 46.2 Å². The number of nitrogens with one attached hydrogen (secondary N) is 1. The predicted octanol–water partition coefficient (Wildman–Crippen LogP) is 3.74. The Morgan fingerprint density at radius 1 is 1.27 bits per heavy atom. The molecule has 1 amide bonds. The molecule has 4 aromatic rings. The number of carbonyl (C=O) groups is 1. The highest BCUT2D eigenvalue weighted by Gasteiger charge is 2.06. The van der Waals surface area contributed by atoms with E-state index in [2.05, 4.69) is 20.4 Å². The molecule has 3 heterocycles. The first kappa shape index (κ1) is 16.2. The standard InChI is InChI=1S/C19H15N5OS/c1-24-11-14(10-22-24)16-6-7-20-9-13(16)2-5-19(25)23-15-3-4-18-17(8-15)21-12-26-18/h2-12H,1H3,(H,23,25)/b5-2+. The zero-order chi connectivity index (χ0) is 17.9. The summed E-state index contributed by atoms with van der Waals surface area (Å²) in [5.41, 5.74) is 6.19. The summed E-state index contributed by atoms with van der Waals surface area (Å²) in [5, 5.41) is 7.05. The number of amides is 1. The van der Waals surface area contributed by atoms with Gasteiger partial charge in [-0.15, -0.1) is 11.3 Å². The smallest absolute Gasteiger partial charge is 0.248 e. The highest BCUT2D eigenvalue weighted by molar-refractivity contribution is 7.16. The van der Waals surface area contributed by atoms with Crippen molar-refractivity contribution in [1.29, 1.82) is 0 Å². The highest BCUT2D eigenvalue weighted by atomic mass is 32.1. The lowest BCUT2D eigenvalue weighted by atomic mass is 10.0. The van der Waals surface area contributed by atoms with Crippen molar-refractivity contribution in [2.75, 3.05) is 5.32 Å². The van der Waals surface area contributed by atoms with Crippen LogP contribution in [-0.2, 0) is 11.8 Å². The first-order valence-electron chi connectivity index (χ1n) is 7.94. The lowest BCUT2D eigenvalue weighted by Crippen LogP contribution is -2.07. The van der Waals surface area contributed by atoms with E-state index >= 15 is 0 Å². The number of nitrogens with zero attached hydrogens (tertiary/aromatic N) is 4. The molecular weight excluding hydrogens is 346 g/mol. The monoisotopic (exact) mass is 361 g/mol. The number of anilines is 1. The number of fused-ring (bicyclic) bond motifs is 1. The van der Waals surface area contributed by atoms with Crippen LogP contribution in [0, 0.1) is 0 Å². The lowest BCUT2D eigenvalue weighted by molar-refractivity contribution is -0.111. The zero-order valence-corrected chi connectivity index (χ0v) is 14.8. The molecule has 0 aliphatic heterocycles. The van der Waals surface area contributed by atoms with Gasteiger partial charge in [0.15, 0.2) is 0 Å². The molecule has 26 heavy (non-hydrogen) atoms. The lowest BCUT2D eigenvalue weighted by Gasteiger charge is -2.04. The maximum absolute atomic E-state index is 12.3. The van der Waals surface area contributed by atoms with Crippen molar-refractivity contribution >= 4 is 39.2 Å². The fourth-order valence-corrected chi connectivity index (χ4v) is 3.31. The molecule has 7 heteroatoms. The van der Waals surface area contributed by atoms with Crippen LogP contribution in [0.15, 0.2) is 60.6 Å². The van der Waals surface area contributed by atoms with E-state index in [1.165, 1.54) is 6.08 Å². The number of pyridine rings is 1. The fourth-order valence-electron chi connectivity index (χ4n) is 2.65. The third kappa shape index (κ3) is 3.38. The summed E-state index contributed by atoms with van der Waals surface area (Å²) in [6.07, 6.45) is 10.4. The van der Waals surface area contributed by atoms with Crippen molar-refractivity contribution in [1.82, 2.24) is 19.7 Å². The van der Waals surface area contributed by atoms with Gasteiger partial charge >= 0.3 is 0 Å². The van der Waals surface area contributed by atoms with Crippen LogP contribution in [0.25, 0.3) is 27.4 Å². The summed E-state index contributed by atoms with van der Waals surface area (Å²) in [7, 11) is 1.87. The molecule has 128 valence electrons. The first-order valence-corrected chi connectivity index (χ1v) is 8.82. The Kier molecular flexibility index (Phi) is 4.28. The number of hydrogen-bond acceptors (Lipinski definition) is 5. The number of thiazole rings is 1. The van der Waals surface area contributed by atoms with Gasteiger partial charge in [-0.3, -0.25) is 14.5 Å². The van der Waals surface area contributed by atoms with Gasteiger partial charge in [-0.2, -0.15) is 5.10 Å². The van der Waals surface area contributed by atoms with Crippen molar-refractivity contribution in [3.63, 3.8) is 0 Å². The number of aromatic nitrogens is 4. The van der Waals surface area contributed by atoms with Crippen LogP contribution in [-0.4, -0.2) is 25.7 Å². The molecule has 0 atom stereocenters. The largest absolute Gasteiger partial charge is 0.322 e. The SMILES string of the molecule is Cn1cc(-c2ccncc2/C=C/C(=O)Nc2ccc3scnc3c2)cn1. The quantitative estimate of drug-likeness (QED) is 0.562. The number of hydrogen-bond donors (Lipinski definition) is 1. The van der Waals surface area contributed by atoms with Crippen LogP contribution in [0.2, 0.25) is 0 Å². The second kappa shape index (κ2) is 6.89. The van der Waals surface area contributed by atoms with Crippen LogP contribution in [0.3, 0.4) is 0 Å². The van der Waals surface area contributed by atoms with Gasteiger partial charge in [0.1, 0.15) is 0 Å². The van der Waals surface area contributed by atoms with E-state index in [4.69, 9.17) is 0 Å². The molecule has 0 saturated heterocycles. The summed E-state index contributed by atoms with van der Waals surface area (Å²) in [4.78, 5) is 20.7. The van der Waals surface area contributed by atoms with E-state index in [0.29, 0.717) is 0 Å². The third-order valence-corrected chi connectivity index (χ3v) is 4.69. The molecule has 6 nitrogen and oxygen atoms in total. The van der Waals surface area contributed by atoms with Gasteiger partial charge in [0, 0.05) is 48.5 Å². The summed E-state index contributed by atoms with van der Waals surface area (Å²) in [5.74, 6) is -0.208. The third-order valence-electron chi connectivity index (χ3n) is 3.88. The van der Waals surface area contributed by atoms with Gasteiger partial charge in [0.25, 0.3) is 0 Å². The van der Waals surface area contributed by atoms with Gasteiger partial charge in [0.2, 0.25) is 5.91 Å². The average molecular weight is 361 g/mol. The minimum absolute atomic E-state index is 0.208. The van der Waals surface area contributed by atoms with Crippen LogP contribution < -0.4 is 5.32 Å². The number of carbonyl (C=O) groups excluding carboxylic acids is 1. The summed E-state index contributed by atoms with van der Waals surface area (Å²) in [6.45, 7) is 0. The van der Waals surface area contributed by atoms with Gasteiger partial charge in [0.05, 0.1) is 21.9 Å². The number of aryl methyl sites for hydroxylation is 1. The predicted molar refractivity (Wildman–Crippen MR) is 104 cm³/mol. The minimum atomic E-state index is -0.208. The molecule has 0 aliphatic carbocycles. The van der Waals surface area contributed by atoms with E-state index in [9.17, 15) is 4.79 Å². The number of rotatable bonds is 4. The van der Waals surface area contributed by atoms with Gasteiger partial charge < -0.3 is 5.32 Å². The molecule has 0 radical (unpaired) electrons. The van der Waals surface area contributed by atoms with Gasteiger partial charge in [-0.1, -0.05) is 0 Å². The topological polar surface area (TPSA) is 72.7 Å². The number of benzene rings is 1. The van der Waals surface area contributed by atoms with E-state index in [1.807, 2.05) is 37.5 Å². The Balaban J connectivity index is 1.53. The molecule has 4 rings (SSSR count). The molecule has 0 fully saturated rings. The van der Waals surface area contributed by atoms with Crippen LogP contribution in [0.4, 0.5) is 5.69 Å². The van der Waals surface area contributed by atoms with Crippen molar-refractivity contribution in [2.24, 2.45) is 7.05 Å². The normalized spacial score (nSPS) is 11.3. The molecule has 0 spiro atoms. The Bertz CT molecular complexity index is 1110. The molecule has 0 unspecified atom stereocenters. The molecule has 0 aliphatic rings. The van der Waals surface area contributed by atoms with Crippen LogP contribution in [0.5, 0.6) is 0 Å². The summed E-state index contributed by atoms with van der Waals surface area (Å²) in [6, 6.07) is 7.60. The average Bonchev–Trinajstić information content (AvgIpc) is 3.28. The van der Waals surface area contributed by atoms with E-state index < -0.39 is 0 Å². The molecule has 1 aromatic carbocycles. The first-order chi connectivity index (χ1) is 12.7. The van der Waals surface area contributed by atoms with Crippen LogP contribution in [0.1, 0.15) is 5.56 Å². The second-order valence-electron chi connectivity index (χ2n) is 5.72. The minimum Gasteiger partial charge on any atom is -0.322 e. The molecule has 1 N–H and O–H groups in total. The van der Waals surface area contributed by atoms with Crippen molar-refractivity contribution in [3.8, 4) is 11.1 Å². The van der Waals surface area contributed by atoms with E-state index in [-0.39, 0.29) is 5.91 Å². The van der Waals surface area contributed by atoms with E-state index in [0.717, 1.165) is 32.6 Å². The Morgan fingerprint density at radius 2 is 2.19 bits per heavy atom. The Morgan fingerprint density at radius 3 is 3.04 bits per heavy atom. The van der Waals surface area contributed by atoms with Crippen molar-refractivity contribution in [3.05, 3.63) is 66.2 Å². The molecule has 0 saturated carbocycles. The summed E-state index contributed by atoms with van der Waals surface area (Å²) >= 11 is 1.57. The molecule has 0 bridgehead atoms.